The molecule has 1 aromatic rings. The molecule has 0 bridgehead atoms. The third kappa shape index (κ3) is 2.47. The molecule has 0 amide bonds. The fourth-order valence-corrected chi connectivity index (χ4v) is 1.94. The van der Waals surface area contributed by atoms with Crippen molar-refractivity contribution in [2.45, 2.75) is 13.3 Å². The Balaban J connectivity index is 2.08. The summed E-state index contributed by atoms with van der Waals surface area (Å²) in [6.45, 7) is 4.92. The zero-order valence-electron chi connectivity index (χ0n) is 9.95. The summed E-state index contributed by atoms with van der Waals surface area (Å²) < 4.78 is 10.8. The minimum absolute atomic E-state index is 0.669. The topological polar surface area (TPSA) is 30.5 Å². The molecule has 1 aliphatic heterocycles. The molecule has 1 aromatic carbocycles. The van der Waals surface area contributed by atoms with Crippen LogP contribution >= 0.6 is 0 Å². The Kier molecular flexibility index (Phi) is 3.67. The molecule has 2 rings (SSSR count). The van der Waals surface area contributed by atoms with Crippen molar-refractivity contribution in [3.05, 3.63) is 23.8 Å². The summed E-state index contributed by atoms with van der Waals surface area (Å²) in [6.07, 6.45) is 1.12. The molecule has 0 saturated carbocycles. The molecule has 1 saturated heterocycles. The molecule has 0 unspecified atom stereocenters. The Hall–Kier alpha value is -1.22. The van der Waals surface area contributed by atoms with E-state index in [-0.39, 0.29) is 0 Å². The van der Waals surface area contributed by atoms with E-state index in [9.17, 15) is 0 Å². The van der Waals surface area contributed by atoms with Gasteiger partial charge in [0.05, 0.1) is 13.7 Å². The maximum atomic E-state index is 5.49. The van der Waals surface area contributed by atoms with Crippen LogP contribution in [0.25, 0.3) is 0 Å². The largest absolute Gasteiger partial charge is 0.493 e. The van der Waals surface area contributed by atoms with Crippen LogP contribution in [0.4, 0.5) is 0 Å². The fraction of sp³-hybridized carbons (Fsp3) is 0.538. The predicted octanol–water partition coefficient (Wildman–Crippen LogP) is 1.86. The van der Waals surface area contributed by atoms with Crippen LogP contribution in [0.2, 0.25) is 0 Å². The van der Waals surface area contributed by atoms with E-state index in [2.05, 4.69) is 17.4 Å². The summed E-state index contributed by atoms with van der Waals surface area (Å²) in [6, 6.07) is 6.22. The third-order valence-electron chi connectivity index (χ3n) is 2.92. The van der Waals surface area contributed by atoms with E-state index >= 15 is 0 Å². The van der Waals surface area contributed by atoms with E-state index in [1.807, 2.05) is 13.0 Å². The quantitative estimate of drug-likeness (QED) is 0.823. The molecule has 3 nitrogen and oxygen atoms in total. The van der Waals surface area contributed by atoms with Crippen LogP contribution in [0, 0.1) is 5.92 Å². The molecular formula is C13H19NO2. The van der Waals surface area contributed by atoms with Gasteiger partial charge in [-0.3, -0.25) is 0 Å². The van der Waals surface area contributed by atoms with Crippen LogP contribution in [-0.2, 0) is 6.42 Å². The van der Waals surface area contributed by atoms with Gasteiger partial charge >= 0.3 is 0 Å². The number of hydrogen-bond acceptors (Lipinski definition) is 3. The normalized spacial score (nSPS) is 15.6. The van der Waals surface area contributed by atoms with Crippen LogP contribution < -0.4 is 14.8 Å². The van der Waals surface area contributed by atoms with Gasteiger partial charge in [0.25, 0.3) is 0 Å². The van der Waals surface area contributed by atoms with Crippen molar-refractivity contribution >= 4 is 0 Å². The Morgan fingerprint density at radius 3 is 2.69 bits per heavy atom. The van der Waals surface area contributed by atoms with Crippen molar-refractivity contribution in [1.29, 1.82) is 0 Å². The lowest BCUT2D eigenvalue weighted by Crippen LogP contribution is -2.43. The van der Waals surface area contributed by atoms with Crippen molar-refractivity contribution < 1.29 is 9.47 Å². The van der Waals surface area contributed by atoms with Gasteiger partial charge in [0.1, 0.15) is 0 Å². The molecule has 0 aromatic heterocycles. The van der Waals surface area contributed by atoms with Gasteiger partial charge in [-0.25, -0.2) is 0 Å². The van der Waals surface area contributed by atoms with Crippen LogP contribution in [0.5, 0.6) is 11.5 Å². The molecule has 16 heavy (non-hydrogen) atoms. The Morgan fingerprint density at radius 2 is 2.12 bits per heavy atom. The first-order chi connectivity index (χ1) is 7.83. The highest BCUT2D eigenvalue weighted by molar-refractivity contribution is 5.43. The van der Waals surface area contributed by atoms with E-state index in [0.29, 0.717) is 6.61 Å². The molecule has 1 heterocycles. The average Bonchev–Trinajstić information content (AvgIpc) is 2.25. The van der Waals surface area contributed by atoms with Gasteiger partial charge < -0.3 is 14.8 Å². The second-order valence-corrected chi connectivity index (χ2v) is 4.15. The lowest BCUT2D eigenvalue weighted by atomic mass is 9.94. The molecule has 0 spiro atoms. The molecule has 1 N–H and O–H groups in total. The second-order valence-electron chi connectivity index (χ2n) is 4.15. The van der Waals surface area contributed by atoms with E-state index in [1.54, 1.807) is 7.11 Å². The summed E-state index contributed by atoms with van der Waals surface area (Å²) in [7, 11) is 1.69. The summed E-state index contributed by atoms with van der Waals surface area (Å²) in [5.41, 5.74) is 1.33. The van der Waals surface area contributed by atoms with Gasteiger partial charge in [0, 0.05) is 0 Å². The van der Waals surface area contributed by atoms with Gasteiger partial charge in [-0.15, -0.1) is 0 Å². The molecule has 3 heteroatoms. The maximum Gasteiger partial charge on any atom is 0.161 e. The van der Waals surface area contributed by atoms with Crippen LogP contribution in [0.15, 0.2) is 18.2 Å². The third-order valence-corrected chi connectivity index (χ3v) is 2.92. The summed E-state index contributed by atoms with van der Waals surface area (Å²) >= 11 is 0. The number of hydrogen-bond donors (Lipinski definition) is 1. The second kappa shape index (κ2) is 5.21. The maximum absolute atomic E-state index is 5.49. The summed E-state index contributed by atoms with van der Waals surface area (Å²) in [5, 5.41) is 3.29. The monoisotopic (exact) mass is 221 g/mol. The van der Waals surface area contributed by atoms with Crippen LogP contribution in [-0.4, -0.2) is 26.8 Å². The molecule has 88 valence electrons. The molecule has 1 fully saturated rings. The Labute approximate surface area is 96.8 Å². The molecule has 0 radical (unpaired) electrons. The van der Waals surface area contributed by atoms with Crippen molar-refractivity contribution in [1.82, 2.24) is 5.32 Å². The highest BCUT2D eigenvalue weighted by Crippen LogP contribution is 2.29. The van der Waals surface area contributed by atoms with Crippen LogP contribution in [0.1, 0.15) is 12.5 Å². The highest BCUT2D eigenvalue weighted by Gasteiger charge is 2.17. The molecule has 0 atom stereocenters. The average molecular weight is 221 g/mol. The number of nitrogens with one attached hydrogen (secondary N) is 1. The van der Waals surface area contributed by atoms with Crippen LogP contribution in [0.3, 0.4) is 0 Å². The number of methoxy groups -OCH3 is 1. The molecular weight excluding hydrogens is 202 g/mol. The number of rotatable bonds is 5. The van der Waals surface area contributed by atoms with E-state index in [0.717, 1.165) is 36.9 Å². The van der Waals surface area contributed by atoms with Crippen molar-refractivity contribution in [2.75, 3.05) is 26.8 Å². The zero-order chi connectivity index (χ0) is 11.4. The van der Waals surface area contributed by atoms with Gasteiger partial charge in [-0.2, -0.15) is 0 Å². The SMILES string of the molecule is CCOc1ccc(CC2CNC2)cc1OC. The Bertz CT molecular complexity index is 348. The smallest absolute Gasteiger partial charge is 0.161 e. The van der Waals surface area contributed by atoms with Gasteiger partial charge in [-0.05, 0) is 50.0 Å². The predicted molar refractivity (Wildman–Crippen MR) is 64.2 cm³/mol. The summed E-state index contributed by atoms with van der Waals surface area (Å²) in [5.74, 6) is 2.45. The first-order valence-corrected chi connectivity index (χ1v) is 5.84. The zero-order valence-corrected chi connectivity index (χ0v) is 9.95. The lowest BCUT2D eigenvalue weighted by Gasteiger charge is -2.27. The first kappa shape index (κ1) is 11.3. The fourth-order valence-electron chi connectivity index (χ4n) is 1.94. The minimum atomic E-state index is 0.669. The van der Waals surface area contributed by atoms with E-state index < -0.39 is 0 Å². The minimum Gasteiger partial charge on any atom is -0.493 e. The van der Waals surface area contributed by atoms with Gasteiger partial charge in [-0.1, -0.05) is 6.07 Å². The molecule has 1 aliphatic rings. The van der Waals surface area contributed by atoms with Crippen molar-refractivity contribution in [3.8, 4) is 11.5 Å². The Morgan fingerprint density at radius 1 is 1.31 bits per heavy atom. The molecule has 0 aliphatic carbocycles. The van der Waals surface area contributed by atoms with Gasteiger partial charge in [0.2, 0.25) is 0 Å². The van der Waals surface area contributed by atoms with Crippen molar-refractivity contribution in [3.63, 3.8) is 0 Å². The summed E-state index contributed by atoms with van der Waals surface area (Å²) in [4.78, 5) is 0. The first-order valence-electron chi connectivity index (χ1n) is 5.84. The van der Waals surface area contributed by atoms with E-state index in [4.69, 9.17) is 9.47 Å². The van der Waals surface area contributed by atoms with Crippen molar-refractivity contribution in [2.24, 2.45) is 5.92 Å². The standard InChI is InChI=1S/C13H19NO2/c1-3-16-12-5-4-10(7-13(12)15-2)6-11-8-14-9-11/h4-5,7,11,14H,3,6,8-9H2,1-2H3. The highest BCUT2D eigenvalue weighted by atomic mass is 16.5. The van der Waals surface area contributed by atoms with E-state index in [1.165, 1.54) is 5.56 Å². The number of ether oxygens (including phenoxy) is 2. The number of benzene rings is 1. The lowest BCUT2D eigenvalue weighted by molar-refractivity contribution is 0.309. The van der Waals surface area contributed by atoms with Gasteiger partial charge in [0.15, 0.2) is 11.5 Å².